The van der Waals surface area contributed by atoms with Crippen LogP contribution >= 0.6 is 27.5 Å². The van der Waals surface area contributed by atoms with Crippen LogP contribution in [-0.4, -0.2) is 19.2 Å². The van der Waals surface area contributed by atoms with Gasteiger partial charge in [-0.05, 0) is 64.0 Å². The van der Waals surface area contributed by atoms with Crippen LogP contribution in [0.25, 0.3) is 0 Å². The lowest BCUT2D eigenvalue weighted by molar-refractivity contribution is 0.0955. The van der Waals surface area contributed by atoms with Crippen LogP contribution in [0, 0.1) is 5.82 Å². The smallest absolute Gasteiger partial charge is 0.271 e. The van der Waals surface area contributed by atoms with Crippen molar-refractivity contribution in [2.24, 2.45) is 5.10 Å². The number of carbonyl (C=O) groups is 1. The highest BCUT2D eigenvalue weighted by Crippen LogP contribution is 2.37. The molecular formula is C22H17BrClFN2O3. The van der Waals surface area contributed by atoms with Gasteiger partial charge in [0.2, 0.25) is 0 Å². The Morgan fingerprint density at radius 3 is 2.63 bits per heavy atom. The Morgan fingerprint density at radius 1 is 1.20 bits per heavy atom. The van der Waals surface area contributed by atoms with E-state index >= 15 is 0 Å². The fourth-order valence-corrected chi connectivity index (χ4v) is 3.25. The van der Waals surface area contributed by atoms with Crippen LogP contribution in [0.15, 0.2) is 70.2 Å². The molecule has 0 atom stereocenters. The first-order valence-electron chi connectivity index (χ1n) is 8.80. The third kappa shape index (κ3) is 5.58. The molecule has 0 radical (unpaired) electrons. The summed E-state index contributed by atoms with van der Waals surface area (Å²) in [6, 6.07) is 16.3. The molecule has 0 fully saturated rings. The number of rotatable bonds is 7. The molecule has 1 N–H and O–H groups in total. The molecule has 0 saturated carbocycles. The molecule has 0 unspecified atom stereocenters. The van der Waals surface area contributed by atoms with Gasteiger partial charge in [-0.25, -0.2) is 9.82 Å². The predicted octanol–water partition coefficient (Wildman–Crippen LogP) is 5.59. The SMILES string of the molecule is COc1cc(/C=N\NC(=O)c2ccc(Cl)cc2)cc(Br)c1OCc1ccccc1F. The van der Waals surface area contributed by atoms with Crippen molar-refractivity contribution in [3.8, 4) is 11.5 Å². The van der Waals surface area contributed by atoms with Crippen LogP contribution in [0.1, 0.15) is 21.5 Å². The van der Waals surface area contributed by atoms with Gasteiger partial charge in [0, 0.05) is 16.1 Å². The van der Waals surface area contributed by atoms with Gasteiger partial charge in [0.05, 0.1) is 17.8 Å². The van der Waals surface area contributed by atoms with Crippen molar-refractivity contribution >= 4 is 39.7 Å². The van der Waals surface area contributed by atoms with Crippen molar-refractivity contribution in [3.05, 3.63) is 92.7 Å². The number of nitrogens with zero attached hydrogens (tertiary/aromatic N) is 1. The number of amides is 1. The lowest BCUT2D eigenvalue weighted by Crippen LogP contribution is -2.17. The van der Waals surface area contributed by atoms with Gasteiger partial charge >= 0.3 is 0 Å². The van der Waals surface area contributed by atoms with Crippen molar-refractivity contribution < 1.29 is 18.7 Å². The maximum absolute atomic E-state index is 13.8. The lowest BCUT2D eigenvalue weighted by atomic mass is 10.2. The molecule has 5 nitrogen and oxygen atoms in total. The Bertz CT molecular complexity index is 1070. The summed E-state index contributed by atoms with van der Waals surface area (Å²) in [6.07, 6.45) is 1.47. The highest BCUT2D eigenvalue weighted by Gasteiger charge is 2.13. The molecule has 30 heavy (non-hydrogen) atoms. The number of nitrogens with one attached hydrogen (secondary N) is 1. The molecule has 0 aliphatic heterocycles. The number of ether oxygens (including phenoxy) is 2. The lowest BCUT2D eigenvalue weighted by Gasteiger charge is -2.14. The maximum atomic E-state index is 13.8. The van der Waals surface area contributed by atoms with E-state index in [9.17, 15) is 9.18 Å². The summed E-state index contributed by atoms with van der Waals surface area (Å²) < 4.78 is 25.5. The Hall–Kier alpha value is -2.90. The summed E-state index contributed by atoms with van der Waals surface area (Å²) in [5.41, 5.74) is 3.98. The molecule has 3 rings (SSSR count). The molecule has 1 amide bonds. The molecule has 0 saturated heterocycles. The molecule has 154 valence electrons. The van der Waals surface area contributed by atoms with E-state index in [1.54, 1.807) is 54.6 Å². The first-order chi connectivity index (χ1) is 14.5. The van der Waals surface area contributed by atoms with Gasteiger partial charge in [0.25, 0.3) is 5.91 Å². The van der Waals surface area contributed by atoms with Gasteiger partial charge in [-0.3, -0.25) is 4.79 Å². The number of halogens is 3. The number of hydrogen-bond donors (Lipinski definition) is 1. The Balaban J connectivity index is 1.70. The summed E-state index contributed by atoms with van der Waals surface area (Å²) in [5, 5.41) is 4.51. The summed E-state index contributed by atoms with van der Waals surface area (Å²) in [6.45, 7) is 0.0478. The van der Waals surface area contributed by atoms with Crippen molar-refractivity contribution in [2.75, 3.05) is 7.11 Å². The number of hydrogen-bond acceptors (Lipinski definition) is 4. The number of methoxy groups -OCH3 is 1. The van der Waals surface area contributed by atoms with Crippen molar-refractivity contribution in [3.63, 3.8) is 0 Å². The zero-order valence-electron chi connectivity index (χ0n) is 15.9. The Labute approximate surface area is 186 Å². The minimum atomic E-state index is -0.362. The molecule has 0 bridgehead atoms. The molecule has 0 aliphatic carbocycles. The fourth-order valence-electron chi connectivity index (χ4n) is 2.55. The highest BCUT2D eigenvalue weighted by atomic mass is 79.9. The molecule has 0 aliphatic rings. The zero-order chi connectivity index (χ0) is 21.5. The Morgan fingerprint density at radius 2 is 1.93 bits per heavy atom. The van der Waals surface area contributed by atoms with Crippen LogP contribution < -0.4 is 14.9 Å². The minimum absolute atomic E-state index is 0.0478. The van der Waals surface area contributed by atoms with Crippen LogP contribution in [0.4, 0.5) is 4.39 Å². The van der Waals surface area contributed by atoms with E-state index in [1.165, 1.54) is 19.4 Å². The van der Waals surface area contributed by atoms with Gasteiger partial charge in [-0.2, -0.15) is 5.10 Å². The van der Waals surface area contributed by atoms with E-state index in [1.807, 2.05) is 0 Å². The first-order valence-corrected chi connectivity index (χ1v) is 9.97. The largest absolute Gasteiger partial charge is 0.493 e. The summed E-state index contributed by atoms with van der Waals surface area (Å²) in [7, 11) is 1.50. The van der Waals surface area contributed by atoms with Gasteiger partial charge in [-0.15, -0.1) is 0 Å². The van der Waals surface area contributed by atoms with Gasteiger partial charge in [-0.1, -0.05) is 29.8 Å². The third-order valence-corrected chi connectivity index (χ3v) is 4.91. The average Bonchev–Trinajstić information content (AvgIpc) is 2.74. The van der Waals surface area contributed by atoms with E-state index < -0.39 is 0 Å². The number of benzene rings is 3. The zero-order valence-corrected chi connectivity index (χ0v) is 18.2. The second-order valence-electron chi connectivity index (χ2n) is 6.12. The molecule has 3 aromatic carbocycles. The van der Waals surface area contributed by atoms with Crippen molar-refractivity contribution in [2.45, 2.75) is 6.61 Å². The monoisotopic (exact) mass is 490 g/mol. The van der Waals surface area contributed by atoms with E-state index in [4.69, 9.17) is 21.1 Å². The van der Waals surface area contributed by atoms with Crippen LogP contribution in [0.3, 0.4) is 0 Å². The molecule has 0 aromatic heterocycles. The Kier molecular flexibility index (Phi) is 7.43. The van der Waals surface area contributed by atoms with Crippen molar-refractivity contribution in [1.29, 1.82) is 0 Å². The van der Waals surface area contributed by atoms with E-state index in [0.717, 1.165) is 0 Å². The van der Waals surface area contributed by atoms with Gasteiger partial charge in [0.15, 0.2) is 11.5 Å². The van der Waals surface area contributed by atoms with Crippen LogP contribution in [-0.2, 0) is 6.61 Å². The van der Waals surface area contributed by atoms with Crippen LogP contribution in [0.5, 0.6) is 11.5 Å². The predicted molar refractivity (Wildman–Crippen MR) is 118 cm³/mol. The third-order valence-electron chi connectivity index (χ3n) is 4.07. The second kappa shape index (κ2) is 10.2. The molecule has 0 heterocycles. The summed E-state index contributed by atoms with van der Waals surface area (Å²) >= 11 is 9.25. The molecule has 3 aromatic rings. The first kappa shape index (κ1) is 21.8. The average molecular weight is 492 g/mol. The normalized spacial score (nSPS) is 10.8. The van der Waals surface area contributed by atoms with Gasteiger partial charge in [0.1, 0.15) is 12.4 Å². The van der Waals surface area contributed by atoms with E-state index in [-0.39, 0.29) is 18.3 Å². The molecular weight excluding hydrogens is 475 g/mol. The van der Waals surface area contributed by atoms with Gasteiger partial charge < -0.3 is 9.47 Å². The topological polar surface area (TPSA) is 59.9 Å². The van der Waals surface area contributed by atoms with E-state index in [0.29, 0.717) is 37.7 Å². The fraction of sp³-hybridized carbons (Fsp3) is 0.0909. The van der Waals surface area contributed by atoms with E-state index in [2.05, 4.69) is 26.5 Å². The second-order valence-corrected chi connectivity index (χ2v) is 7.41. The molecule has 0 spiro atoms. The van der Waals surface area contributed by atoms with Crippen molar-refractivity contribution in [1.82, 2.24) is 5.43 Å². The minimum Gasteiger partial charge on any atom is -0.493 e. The quantitative estimate of drug-likeness (QED) is 0.346. The standard InChI is InChI=1S/C22H17BrClFN2O3/c1-29-20-11-14(12-26-27-22(28)15-6-8-17(24)9-7-15)10-18(23)21(20)30-13-16-4-2-3-5-19(16)25/h2-12H,13H2,1H3,(H,27,28)/b26-12-. The number of carbonyl (C=O) groups excluding carboxylic acids is 1. The highest BCUT2D eigenvalue weighted by molar-refractivity contribution is 9.10. The summed E-state index contributed by atoms with van der Waals surface area (Å²) in [4.78, 5) is 12.1. The maximum Gasteiger partial charge on any atom is 0.271 e. The van der Waals surface area contributed by atoms with Crippen LogP contribution in [0.2, 0.25) is 5.02 Å². The summed E-state index contributed by atoms with van der Waals surface area (Å²) in [5.74, 6) is 0.167. The molecule has 8 heteroatoms. The number of hydrazone groups is 1.